The number of rotatable bonds is 6. The lowest BCUT2D eigenvalue weighted by atomic mass is 10.2. The van der Waals surface area contributed by atoms with Gasteiger partial charge >= 0.3 is 6.09 Å². The van der Waals surface area contributed by atoms with Crippen LogP contribution in [0, 0.1) is 11.7 Å². The summed E-state index contributed by atoms with van der Waals surface area (Å²) in [5.74, 6) is -0.184. The van der Waals surface area contributed by atoms with E-state index >= 15 is 0 Å². The first-order valence-electron chi connectivity index (χ1n) is 8.06. The van der Waals surface area contributed by atoms with Gasteiger partial charge in [-0.15, -0.1) is 0 Å². The van der Waals surface area contributed by atoms with E-state index in [0.29, 0.717) is 17.0 Å². The maximum absolute atomic E-state index is 14.1. The highest BCUT2D eigenvalue weighted by molar-refractivity contribution is 9.10. The van der Waals surface area contributed by atoms with Gasteiger partial charge in [-0.1, -0.05) is 27.5 Å². The van der Waals surface area contributed by atoms with Crippen LogP contribution in [0.4, 0.5) is 20.6 Å². The fraction of sp³-hybridized carbons (Fsp3) is 0.294. The Kier molecular flexibility index (Phi) is 6.03. The van der Waals surface area contributed by atoms with Gasteiger partial charge in [0.15, 0.2) is 5.75 Å². The van der Waals surface area contributed by atoms with Crippen molar-refractivity contribution in [3.63, 3.8) is 0 Å². The molecule has 2 aromatic rings. The Morgan fingerprint density at radius 3 is 2.85 bits per heavy atom. The minimum Gasteiger partial charge on any atom is -0.405 e. The van der Waals surface area contributed by atoms with Gasteiger partial charge in [-0.2, -0.15) is 5.48 Å². The summed E-state index contributed by atoms with van der Waals surface area (Å²) in [5, 5.41) is 2.46. The first-order chi connectivity index (χ1) is 12.8. The van der Waals surface area contributed by atoms with Crippen molar-refractivity contribution in [1.82, 2.24) is 10.0 Å². The molecule has 1 amide bonds. The van der Waals surface area contributed by atoms with Crippen molar-refractivity contribution in [2.75, 3.05) is 11.9 Å². The van der Waals surface area contributed by atoms with Gasteiger partial charge in [-0.25, -0.2) is 9.18 Å². The Bertz CT molecular complexity index is 933. The van der Waals surface area contributed by atoms with E-state index in [0.717, 1.165) is 17.4 Å². The Morgan fingerprint density at radius 1 is 1.44 bits per heavy atom. The third-order valence-corrected chi connectivity index (χ3v) is 4.69. The van der Waals surface area contributed by atoms with E-state index in [4.69, 9.17) is 21.2 Å². The lowest BCUT2D eigenvalue weighted by Crippen LogP contribution is -2.29. The number of ether oxygens (including phenoxy) is 1. The van der Waals surface area contributed by atoms with Crippen molar-refractivity contribution in [2.45, 2.75) is 12.8 Å². The number of pyridine rings is 1. The molecule has 0 aliphatic heterocycles. The van der Waals surface area contributed by atoms with Crippen molar-refractivity contribution in [3.05, 3.63) is 50.1 Å². The van der Waals surface area contributed by atoms with Gasteiger partial charge in [0.05, 0.1) is 18.5 Å². The van der Waals surface area contributed by atoms with Crippen LogP contribution in [0.3, 0.4) is 0 Å². The van der Waals surface area contributed by atoms with Gasteiger partial charge in [0.25, 0.3) is 5.56 Å². The van der Waals surface area contributed by atoms with Crippen molar-refractivity contribution in [1.29, 1.82) is 0 Å². The third kappa shape index (κ3) is 5.00. The SMILES string of the molecule is Cn1cc(OC(=O)NOCC2CC2)c(Nc2ccc(Br)cc2F)c(Cl)c1=O. The smallest absolute Gasteiger partial charge is 0.405 e. The molecule has 27 heavy (non-hydrogen) atoms. The zero-order valence-electron chi connectivity index (χ0n) is 14.2. The molecule has 0 bridgehead atoms. The second kappa shape index (κ2) is 8.28. The van der Waals surface area contributed by atoms with Crippen LogP contribution in [-0.2, 0) is 11.9 Å². The number of benzene rings is 1. The van der Waals surface area contributed by atoms with Crippen LogP contribution in [0.5, 0.6) is 5.75 Å². The zero-order valence-corrected chi connectivity index (χ0v) is 16.6. The molecule has 1 saturated carbocycles. The summed E-state index contributed by atoms with van der Waals surface area (Å²) in [4.78, 5) is 29.1. The Hall–Kier alpha value is -2.10. The number of anilines is 2. The minimum atomic E-state index is -0.885. The van der Waals surface area contributed by atoms with Crippen LogP contribution in [0.25, 0.3) is 0 Å². The van der Waals surface area contributed by atoms with E-state index in [1.54, 1.807) is 6.07 Å². The number of nitrogens with one attached hydrogen (secondary N) is 2. The Balaban J connectivity index is 1.83. The zero-order chi connectivity index (χ0) is 19.6. The molecule has 3 rings (SSSR count). The molecule has 7 nitrogen and oxygen atoms in total. The van der Waals surface area contributed by atoms with E-state index < -0.39 is 17.5 Å². The van der Waals surface area contributed by atoms with Gasteiger partial charge in [-0.05, 0) is 37.0 Å². The number of hydrogen-bond donors (Lipinski definition) is 2. The monoisotopic (exact) mass is 459 g/mol. The molecule has 1 fully saturated rings. The first-order valence-corrected chi connectivity index (χ1v) is 9.23. The summed E-state index contributed by atoms with van der Waals surface area (Å²) >= 11 is 9.27. The van der Waals surface area contributed by atoms with E-state index in [2.05, 4.69) is 26.7 Å². The summed E-state index contributed by atoms with van der Waals surface area (Å²) in [6, 6.07) is 4.31. The lowest BCUT2D eigenvalue weighted by molar-refractivity contribution is 0.0392. The highest BCUT2D eigenvalue weighted by Crippen LogP contribution is 2.34. The molecule has 10 heteroatoms. The molecule has 144 valence electrons. The van der Waals surface area contributed by atoms with E-state index in [1.807, 2.05) is 0 Å². The maximum Gasteiger partial charge on any atom is 0.436 e. The van der Waals surface area contributed by atoms with Gasteiger partial charge in [-0.3, -0.25) is 9.63 Å². The van der Waals surface area contributed by atoms with Gasteiger partial charge < -0.3 is 14.6 Å². The van der Waals surface area contributed by atoms with Crippen molar-refractivity contribution < 1.29 is 18.8 Å². The van der Waals surface area contributed by atoms with Crippen molar-refractivity contribution in [2.24, 2.45) is 13.0 Å². The van der Waals surface area contributed by atoms with Gasteiger partial charge in [0.1, 0.15) is 16.5 Å². The van der Waals surface area contributed by atoms with Gasteiger partial charge in [0.2, 0.25) is 0 Å². The van der Waals surface area contributed by atoms with E-state index in [-0.39, 0.29) is 22.1 Å². The fourth-order valence-electron chi connectivity index (χ4n) is 2.21. The van der Waals surface area contributed by atoms with Crippen LogP contribution < -0.4 is 21.1 Å². The number of carbonyl (C=O) groups is 1. The number of hydroxylamine groups is 1. The molecule has 0 saturated heterocycles. The molecule has 0 unspecified atom stereocenters. The number of aryl methyl sites for hydroxylation is 1. The number of hydrogen-bond acceptors (Lipinski definition) is 5. The van der Waals surface area contributed by atoms with Crippen LogP contribution in [0.2, 0.25) is 5.02 Å². The normalized spacial score (nSPS) is 13.3. The van der Waals surface area contributed by atoms with Gasteiger partial charge in [0, 0.05) is 11.5 Å². The predicted molar refractivity (Wildman–Crippen MR) is 102 cm³/mol. The average molecular weight is 461 g/mol. The predicted octanol–water partition coefficient (Wildman–Crippen LogP) is 4.11. The lowest BCUT2D eigenvalue weighted by Gasteiger charge is -2.15. The fourth-order valence-corrected chi connectivity index (χ4v) is 2.82. The standard InChI is InChI=1S/C17H16BrClFN3O4/c1-23-7-13(27-17(25)22-26-8-9-2-3-9)15(14(19)16(23)24)21-12-5-4-10(18)6-11(12)20/h4-7,9,21H,2-3,8H2,1H3,(H,22,25). The quantitative estimate of drug-likeness (QED) is 0.634. The van der Waals surface area contributed by atoms with Crippen LogP contribution in [-0.4, -0.2) is 17.3 Å². The molecule has 0 spiro atoms. The highest BCUT2D eigenvalue weighted by Gasteiger charge is 2.23. The Labute approximate surface area is 167 Å². The molecule has 1 heterocycles. The average Bonchev–Trinajstić information content (AvgIpc) is 3.42. The summed E-state index contributed by atoms with van der Waals surface area (Å²) in [7, 11) is 1.45. The molecular weight excluding hydrogens is 445 g/mol. The Morgan fingerprint density at radius 2 is 2.19 bits per heavy atom. The summed E-state index contributed by atoms with van der Waals surface area (Å²) in [6.07, 6.45) is 2.53. The van der Waals surface area contributed by atoms with Crippen molar-refractivity contribution in [3.8, 4) is 5.75 Å². The molecule has 0 atom stereocenters. The summed E-state index contributed by atoms with van der Waals surface area (Å²) in [6.45, 7) is 0.401. The molecule has 1 aliphatic rings. The molecule has 1 aromatic carbocycles. The van der Waals surface area contributed by atoms with Crippen LogP contribution in [0.15, 0.2) is 33.7 Å². The second-order valence-electron chi connectivity index (χ2n) is 6.09. The molecule has 2 N–H and O–H groups in total. The minimum absolute atomic E-state index is 0.0293. The summed E-state index contributed by atoms with van der Waals surface area (Å²) < 4.78 is 21.0. The number of aromatic nitrogens is 1. The number of carbonyl (C=O) groups excluding carboxylic acids is 1. The van der Waals surface area contributed by atoms with E-state index in [9.17, 15) is 14.0 Å². The largest absolute Gasteiger partial charge is 0.436 e. The topological polar surface area (TPSA) is 81.6 Å². The van der Waals surface area contributed by atoms with E-state index in [1.165, 1.54) is 25.4 Å². The number of nitrogens with zero attached hydrogens (tertiary/aromatic N) is 1. The molecule has 0 radical (unpaired) electrons. The van der Waals surface area contributed by atoms with Crippen molar-refractivity contribution >= 4 is 45.0 Å². The molecule has 1 aromatic heterocycles. The highest BCUT2D eigenvalue weighted by atomic mass is 79.9. The summed E-state index contributed by atoms with van der Waals surface area (Å²) in [5.41, 5.74) is 1.66. The molecule has 1 aliphatic carbocycles. The van der Waals surface area contributed by atoms with Crippen LogP contribution in [0.1, 0.15) is 12.8 Å². The first kappa shape index (κ1) is 19.7. The second-order valence-corrected chi connectivity index (χ2v) is 7.39. The maximum atomic E-state index is 14.1. The number of halogens is 3. The van der Waals surface area contributed by atoms with Crippen LogP contribution >= 0.6 is 27.5 Å². The number of amides is 1. The molecular formula is C17H16BrClFN3O4. The third-order valence-electron chi connectivity index (χ3n) is 3.85.